The van der Waals surface area contributed by atoms with Crippen molar-refractivity contribution in [1.29, 1.82) is 0 Å². The number of hydrogen-bond acceptors (Lipinski definition) is 5. The van der Waals surface area contributed by atoms with Gasteiger partial charge in [0.15, 0.2) is 0 Å². The topological polar surface area (TPSA) is 37.4 Å². The van der Waals surface area contributed by atoms with Crippen molar-refractivity contribution in [2.24, 2.45) is 0 Å². The van der Waals surface area contributed by atoms with Gasteiger partial charge in [0.25, 0.3) is 0 Å². The average Bonchev–Trinajstić information content (AvgIpc) is 3.12. The van der Waals surface area contributed by atoms with Gasteiger partial charge in [-0.15, -0.1) is 11.3 Å². The van der Waals surface area contributed by atoms with Gasteiger partial charge in [-0.3, -0.25) is 0 Å². The summed E-state index contributed by atoms with van der Waals surface area (Å²) in [6.07, 6.45) is 0. The van der Waals surface area contributed by atoms with Crippen molar-refractivity contribution in [2.45, 2.75) is 19.6 Å². The van der Waals surface area contributed by atoms with Crippen LogP contribution in [0.2, 0.25) is 0 Å². The lowest BCUT2D eigenvalue weighted by molar-refractivity contribution is 0.402. The number of thiazole rings is 1. The van der Waals surface area contributed by atoms with Crippen molar-refractivity contribution >= 4 is 11.3 Å². The number of rotatable bonds is 8. The van der Waals surface area contributed by atoms with Crippen LogP contribution in [-0.2, 0) is 19.6 Å². The second-order valence-corrected chi connectivity index (χ2v) is 7.39. The van der Waals surface area contributed by atoms with Gasteiger partial charge in [0.2, 0.25) is 0 Å². The Morgan fingerprint density at radius 3 is 2.54 bits per heavy atom. The van der Waals surface area contributed by atoms with Crippen molar-refractivity contribution in [3.8, 4) is 16.3 Å². The molecule has 1 aromatic heterocycles. The Morgan fingerprint density at radius 1 is 1.04 bits per heavy atom. The van der Waals surface area contributed by atoms with E-state index in [1.54, 1.807) is 18.4 Å². The van der Waals surface area contributed by atoms with E-state index in [0.29, 0.717) is 0 Å². The number of methoxy groups -OCH3 is 1. The molecule has 26 heavy (non-hydrogen) atoms. The molecule has 0 atom stereocenters. The zero-order chi connectivity index (χ0) is 18.4. The summed E-state index contributed by atoms with van der Waals surface area (Å²) < 4.78 is 5.29. The number of ether oxygens (including phenoxy) is 1. The Labute approximate surface area is 159 Å². The summed E-state index contributed by atoms with van der Waals surface area (Å²) in [5.74, 6) is 0.857. The second kappa shape index (κ2) is 8.94. The van der Waals surface area contributed by atoms with Gasteiger partial charge in [-0.2, -0.15) is 0 Å². The Morgan fingerprint density at radius 2 is 1.81 bits per heavy atom. The van der Waals surface area contributed by atoms with Gasteiger partial charge in [0.05, 0.1) is 12.8 Å². The molecular weight excluding hydrogens is 342 g/mol. The molecule has 1 N–H and O–H groups in total. The van der Waals surface area contributed by atoms with Crippen LogP contribution in [0.4, 0.5) is 0 Å². The molecule has 0 fully saturated rings. The van der Waals surface area contributed by atoms with Crippen LogP contribution >= 0.6 is 11.3 Å². The van der Waals surface area contributed by atoms with Gasteiger partial charge < -0.3 is 15.0 Å². The van der Waals surface area contributed by atoms with Crippen LogP contribution in [0.5, 0.6) is 5.75 Å². The second-order valence-electron chi connectivity index (χ2n) is 6.53. The largest absolute Gasteiger partial charge is 0.497 e. The summed E-state index contributed by atoms with van der Waals surface area (Å²) in [7, 11) is 5.86. The molecule has 0 amide bonds. The third-order valence-corrected chi connectivity index (χ3v) is 4.97. The molecule has 0 unspecified atom stereocenters. The summed E-state index contributed by atoms with van der Waals surface area (Å²) in [5, 5.41) is 6.61. The molecule has 4 nitrogen and oxygen atoms in total. The van der Waals surface area contributed by atoms with E-state index in [0.717, 1.165) is 41.6 Å². The highest BCUT2D eigenvalue weighted by Gasteiger charge is 2.06. The van der Waals surface area contributed by atoms with E-state index in [4.69, 9.17) is 9.72 Å². The fourth-order valence-corrected chi connectivity index (χ4v) is 3.56. The quantitative estimate of drug-likeness (QED) is 0.648. The number of hydrogen-bond donors (Lipinski definition) is 1. The van der Waals surface area contributed by atoms with Crippen LogP contribution < -0.4 is 10.1 Å². The van der Waals surface area contributed by atoms with Crippen LogP contribution in [0, 0.1) is 0 Å². The molecular formula is C21H25N3OS. The third-order valence-electron chi connectivity index (χ3n) is 4.03. The average molecular weight is 368 g/mol. The molecule has 0 radical (unpaired) electrons. The molecule has 3 aromatic rings. The predicted molar refractivity (Wildman–Crippen MR) is 108 cm³/mol. The Kier molecular flexibility index (Phi) is 6.39. The van der Waals surface area contributed by atoms with Crippen LogP contribution in [-0.4, -0.2) is 31.1 Å². The molecule has 0 aliphatic heterocycles. The lowest BCUT2D eigenvalue weighted by Gasteiger charge is -2.10. The number of benzene rings is 2. The first-order valence-corrected chi connectivity index (χ1v) is 9.54. The minimum Gasteiger partial charge on any atom is -0.497 e. The van der Waals surface area contributed by atoms with E-state index in [1.807, 2.05) is 18.2 Å². The van der Waals surface area contributed by atoms with Crippen LogP contribution in [0.1, 0.15) is 16.8 Å². The standard InChI is InChI=1S/C21H25N3OS/c1-24(2)14-17-9-7-16(8-10-17)12-22-13-19-15-26-21(23-19)18-5-4-6-20(11-18)25-3/h4-11,15,22H,12-14H2,1-3H3. The molecule has 2 aromatic carbocycles. The Bertz CT molecular complexity index is 827. The highest BCUT2D eigenvalue weighted by molar-refractivity contribution is 7.13. The zero-order valence-electron chi connectivity index (χ0n) is 15.5. The highest BCUT2D eigenvalue weighted by Crippen LogP contribution is 2.26. The fourth-order valence-electron chi connectivity index (χ4n) is 2.74. The molecule has 1 heterocycles. The van der Waals surface area contributed by atoms with E-state index in [2.05, 4.69) is 60.0 Å². The Hall–Kier alpha value is -2.21. The maximum absolute atomic E-state index is 5.29. The van der Waals surface area contributed by atoms with Gasteiger partial charge in [-0.25, -0.2) is 4.98 Å². The molecule has 0 aliphatic rings. The lowest BCUT2D eigenvalue weighted by atomic mass is 10.1. The first-order valence-electron chi connectivity index (χ1n) is 8.66. The number of nitrogens with one attached hydrogen (secondary N) is 1. The molecule has 5 heteroatoms. The Balaban J connectivity index is 1.53. The van der Waals surface area contributed by atoms with Gasteiger partial charge in [0, 0.05) is 30.6 Å². The molecule has 3 rings (SSSR count). The summed E-state index contributed by atoms with van der Waals surface area (Å²) in [6.45, 7) is 2.58. The maximum Gasteiger partial charge on any atom is 0.123 e. The van der Waals surface area contributed by atoms with E-state index >= 15 is 0 Å². The lowest BCUT2D eigenvalue weighted by Crippen LogP contribution is -2.13. The molecule has 0 saturated carbocycles. The summed E-state index contributed by atoms with van der Waals surface area (Å²) in [6, 6.07) is 16.8. The van der Waals surface area contributed by atoms with Crippen LogP contribution in [0.25, 0.3) is 10.6 Å². The van der Waals surface area contributed by atoms with Crippen molar-refractivity contribution in [3.63, 3.8) is 0 Å². The molecule has 136 valence electrons. The first kappa shape index (κ1) is 18.6. The van der Waals surface area contributed by atoms with Gasteiger partial charge >= 0.3 is 0 Å². The SMILES string of the molecule is COc1cccc(-c2nc(CNCc3ccc(CN(C)C)cc3)cs2)c1. The van der Waals surface area contributed by atoms with Crippen LogP contribution in [0.15, 0.2) is 53.9 Å². The van der Waals surface area contributed by atoms with E-state index in [9.17, 15) is 0 Å². The van der Waals surface area contributed by atoms with Gasteiger partial charge in [-0.1, -0.05) is 36.4 Å². The minimum atomic E-state index is 0.764. The van der Waals surface area contributed by atoms with Crippen molar-refractivity contribution in [1.82, 2.24) is 15.2 Å². The zero-order valence-corrected chi connectivity index (χ0v) is 16.3. The molecule has 0 saturated heterocycles. The van der Waals surface area contributed by atoms with E-state index < -0.39 is 0 Å². The van der Waals surface area contributed by atoms with Crippen LogP contribution in [0.3, 0.4) is 0 Å². The summed E-state index contributed by atoms with van der Waals surface area (Å²) in [4.78, 5) is 6.90. The van der Waals surface area contributed by atoms with Gasteiger partial charge in [0.1, 0.15) is 10.8 Å². The van der Waals surface area contributed by atoms with Crippen molar-refractivity contribution < 1.29 is 4.74 Å². The monoisotopic (exact) mass is 367 g/mol. The number of aromatic nitrogens is 1. The minimum absolute atomic E-state index is 0.764. The molecule has 0 bridgehead atoms. The fraction of sp³-hybridized carbons (Fsp3) is 0.286. The van der Waals surface area contributed by atoms with Crippen molar-refractivity contribution in [3.05, 3.63) is 70.7 Å². The van der Waals surface area contributed by atoms with Gasteiger partial charge in [-0.05, 0) is 37.4 Å². The normalized spacial score (nSPS) is 11.1. The molecule has 0 spiro atoms. The maximum atomic E-state index is 5.29. The van der Waals surface area contributed by atoms with E-state index in [1.165, 1.54) is 11.1 Å². The first-order chi connectivity index (χ1) is 12.6. The third kappa shape index (κ3) is 5.14. The predicted octanol–water partition coefficient (Wildman–Crippen LogP) is 4.17. The van der Waals surface area contributed by atoms with Crippen molar-refractivity contribution in [2.75, 3.05) is 21.2 Å². The molecule has 0 aliphatic carbocycles. The summed E-state index contributed by atoms with van der Waals surface area (Å²) >= 11 is 1.66. The highest BCUT2D eigenvalue weighted by atomic mass is 32.1. The smallest absolute Gasteiger partial charge is 0.123 e. The van der Waals surface area contributed by atoms with E-state index in [-0.39, 0.29) is 0 Å². The number of nitrogens with zero attached hydrogens (tertiary/aromatic N) is 2. The summed E-state index contributed by atoms with van der Waals surface area (Å²) in [5.41, 5.74) is 4.78.